The Morgan fingerprint density at radius 3 is 2.72 bits per heavy atom. The van der Waals surface area contributed by atoms with Gasteiger partial charge in [-0.15, -0.1) is 0 Å². The molecule has 1 N–H and O–H groups in total. The van der Waals surface area contributed by atoms with Crippen LogP contribution >= 0.6 is 11.8 Å². The minimum absolute atomic E-state index is 0.0551. The number of aryl methyl sites for hydroxylation is 2. The van der Waals surface area contributed by atoms with E-state index in [0.717, 1.165) is 44.3 Å². The number of fused-ring (bicyclic) bond motifs is 1. The van der Waals surface area contributed by atoms with Gasteiger partial charge >= 0.3 is 0 Å². The van der Waals surface area contributed by atoms with Gasteiger partial charge in [0.1, 0.15) is 22.8 Å². The second-order valence-corrected chi connectivity index (χ2v) is 7.87. The maximum atomic E-state index is 12.4. The Balaban J connectivity index is 1.56. The van der Waals surface area contributed by atoms with Gasteiger partial charge in [-0.2, -0.15) is 0 Å². The zero-order valence-corrected chi connectivity index (χ0v) is 17.4. The summed E-state index contributed by atoms with van der Waals surface area (Å²) in [5.74, 6) is 1.10. The predicted octanol–water partition coefficient (Wildman–Crippen LogP) is 4.73. The van der Waals surface area contributed by atoms with Crippen molar-refractivity contribution < 1.29 is 9.21 Å². The standard InChI is InChI=1S/C22H22N4O2S/c1-14-7-4-5-9-18(14)25-19(27)12-29-22-20-15(2)16(3)26(21(20)23-13-24-22)11-17-8-6-10-28-17/h4-10,13H,11-12H2,1-3H3,(H,25,27). The summed E-state index contributed by atoms with van der Waals surface area (Å²) in [7, 11) is 0. The third-order valence-electron chi connectivity index (χ3n) is 5.02. The summed E-state index contributed by atoms with van der Waals surface area (Å²) in [6.45, 7) is 6.72. The van der Waals surface area contributed by atoms with E-state index >= 15 is 0 Å². The van der Waals surface area contributed by atoms with Crippen LogP contribution in [-0.2, 0) is 11.3 Å². The number of aromatic nitrogens is 3. The van der Waals surface area contributed by atoms with Crippen molar-refractivity contribution in [1.29, 1.82) is 0 Å². The summed E-state index contributed by atoms with van der Waals surface area (Å²) in [5.41, 5.74) is 4.96. The molecule has 1 aromatic carbocycles. The Hall–Kier alpha value is -3.06. The van der Waals surface area contributed by atoms with Gasteiger partial charge in [-0.05, 0) is 50.1 Å². The molecule has 0 spiro atoms. The first-order valence-corrected chi connectivity index (χ1v) is 10.3. The number of anilines is 1. The molecule has 1 amide bonds. The number of furan rings is 1. The molecule has 0 aliphatic rings. The predicted molar refractivity (Wildman–Crippen MR) is 115 cm³/mol. The maximum Gasteiger partial charge on any atom is 0.234 e. The van der Waals surface area contributed by atoms with Gasteiger partial charge in [0.25, 0.3) is 0 Å². The Bertz CT molecular complexity index is 1170. The molecule has 0 saturated carbocycles. The third kappa shape index (κ3) is 3.91. The average Bonchev–Trinajstić information content (AvgIpc) is 3.31. The van der Waals surface area contributed by atoms with E-state index in [4.69, 9.17) is 4.42 Å². The van der Waals surface area contributed by atoms with Crippen LogP contribution in [0, 0.1) is 20.8 Å². The summed E-state index contributed by atoms with van der Waals surface area (Å²) in [6, 6.07) is 11.6. The lowest BCUT2D eigenvalue weighted by molar-refractivity contribution is -0.113. The average molecular weight is 407 g/mol. The summed E-state index contributed by atoms with van der Waals surface area (Å²) < 4.78 is 7.63. The van der Waals surface area contributed by atoms with E-state index in [1.807, 2.05) is 43.3 Å². The van der Waals surface area contributed by atoms with Gasteiger partial charge < -0.3 is 14.3 Å². The van der Waals surface area contributed by atoms with Crippen molar-refractivity contribution in [2.75, 3.05) is 11.1 Å². The molecule has 6 nitrogen and oxygen atoms in total. The lowest BCUT2D eigenvalue weighted by Crippen LogP contribution is -2.14. The summed E-state index contributed by atoms with van der Waals surface area (Å²) in [6.07, 6.45) is 3.23. The molecule has 148 valence electrons. The van der Waals surface area contributed by atoms with Crippen molar-refractivity contribution in [3.8, 4) is 0 Å². The molecule has 3 heterocycles. The molecule has 7 heteroatoms. The minimum atomic E-state index is -0.0551. The van der Waals surface area contributed by atoms with E-state index in [2.05, 4.69) is 33.7 Å². The number of carbonyl (C=O) groups is 1. The van der Waals surface area contributed by atoms with E-state index in [1.165, 1.54) is 11.8 Å². The number of nitrogens with one attached hydrogen (secondary N) is 1. The number of carbonyl (C=O) groups excluding carboxylic acids is 1. The fraction of sp³-hybridized carbons (Fsp3) is 0.227. The summed E-state index contributed by atoms with van der Waals surface area (Å²) >= 11 is 1.43. The van der Waals surface area contributed by atoms with Gasteiger partial charge in [-0.25, -0.2) is 9.97 Å². The fourth-order valence-corrected chi connectivity index (χ4v) is 4.18. The van der Waals surface area contributed by atoms with Crippen molar-refractivity contribution in [2.24, 2.45) is 0 Å². The summed E-state index contributed by atoms with van der Waals surface area (Å²) in [4.78, 5) is 21.4. The second kappa shape index (κ2) is 8.13. The molecular formula is C22H22N4O2S. The van der Waals surface area contributed by atoms with Gasteiger partial charge in [0.05, 0.1) is 23.9 Å². The van der Waals surface area contributed by atoms with Crippen LogP contribution in [0.3, 0.4) is 0 Å². The summed E-state index contributed by atoms with van der Waals surface area (Å²) in [5, 5.41) is 4.77. The molecule has 0 atom stereocenters. The number of benzene rings is 1. The van der Waals surface area contributed by atoms with Crippen LogP contribution in [0.25, 0.3) is 11.0 Å². The highest BCUT2D eigenvalue weighted by molar-refractivity contribution is 8.00. The van der Waals surface area contributed by atoms with Crippen molar-refractivity contribution in [1.82, 2.24) is 14.5 Å². The van der Waals surface area contributed by atoms with E-state index < -0.39 is 0 Å². The van der Waals surface area contributed by atoms with Crippen LogP contribution in [-0.4, -0.2) is 26.2 Å². The molecule has 0 fully saturated rings. The number of thioether (sulfide) groups is 1. The third-order valence-corrected chi connectivity index (χ3v) is 6.01. The quantitative estimate of drug-likeness (QED) is 0.370. The number of rotatable bonds is 6. The Kier molecular flexibility index (Phi) is 5.40. The van der Waals surface area contributed by atoms with Gasteiger partial charge in [0.15, 0.2) is 0 Å². The number of para-hydroxylation sites is 1. The fourth-order valence-electron chi connectivity index (χ4n) is 3.33. The van der Waals surface area contributed by atoms with Crippen LogP contribution in [0.4, 0.5) is 5.69 Å². The Morgan fingerprint density at radius 1 is 1.14 bits per heavy atom. The zero-order valence-electron chi connectivity index (χ0n) is 16.6. The molecule has 0 unspecified atom stereocenters. The number of hydrogen-bond acceptors (Lipinski definition) is 5. The van der Waals surface area contributed by atoms with Crippen molar-refractivity contribution in [3.05, 3.63) is 71.6 Å². The van der Waals surface area contributed by atoms with Crippen LogP contribution in [0.15, 0.2) is 58.4 Å². The van der Waals surface area contributed by atoms with Gasteiger partial charge in [0.2, 0.25) is 5.91 Å². The first-order valence-electron chi connectivity index (χ1n) is 9.35. The molecule has 29 heavy (non-hydrogen) atoms. The molecule has 0 bridgehead atoms. The second-order valence-electron chi connectivity index (χ2n) is 6.91. The molecule has 0 saturated heterocycles. The van der Waals surface area contributed by atoms with Crippen molar-refractivity contribution in [2.45, 2.75) is 32.3 Å². The lowest BCUT2D eigenvalue weighted by Gasteiger charge is -2.08. The number of amides is 1. The lowest BCUT2D eigenvalue weighted by atomic mass is 10.2. The topological polar surface area (TPSA) is 73.0 Å². The van der Waals surface area contributed by atoms with Gasteiger partial charge in [-0.3, -0.25) is 4.79 Å². The number of hydrogen-bond donors (Lipinski definition) is 1. The van der Waals surface area contributed by atoms with Crippen LogP contribution in [0.2, 0.25) is 0 Å². The van der Waals surface area contributed by atoms with E-state index in [9.17, 15) is 4.79 Å². The van der Waals surface area contributed by atoms with Crippen molar-refractivity contribution >= 4 is 34.4 Å². The zero-order chi connectivity index (χ0) is 20.4. The molecule has 0 aliphatic heterocycles. The molecule has 4 rings (SSSR count). The first kappa shape index (κ1) is 19.3. The maximum absolute atomic E-state index is 12.4. The van der Waals surface area contributed by atoms with Crippen LogP contribution < -0.4 is 5.32 Å². The van der Waals surface area contributed by atoms with Crippen molar-refractivity contribution in [3.63, 3.8) is 0 Å². The molecular weight excluding hydrogens is 384 g/mol. The molecule has 4 aromatic rings. The minimum Gasteiger partial charge on any atom is -0.467 e. The van der Waals surface area contributed by atoms with E-state index in [1.54, 1.807) is 12.6 Å². The smallest absolute Gasteiger partial charge is 0.234 e. The van der Waals surface area contributed by atoms with Gasteiger partial charge in [-0.1, -0.05) is 30.0 Å². The monoisotopic (exact) mass is 406 g/mol. The van der Waals surface area contributed by atoms with Gasteiger partial charge in [0, 0.05) is 11.4 Å². The number of nitrogens with zero attached hydrogens (tertiary/aromatic N) is 3. The van der Waals surface area contributed by atoms with Crippen LogP contribution in [0.1, 0.15) is 22.6 Å². The highest BCUT2D eigenvalue weighted by atomic mass is 32.2. The van der Waals surface area contributed by atoms with E-state index in [-0.39, 0.29) is 11.7 Å². The molecule has 0 aliphatic carbocycles. The first-order chi connectivity index (χ1) is 14.0. The normalized spacial score (nSPS) is 11.1. The SMILES string of the molecule is Cc1ccccc1NC(=O)CSc1ncnc2c1c(C)c(C)n2Cc1ccco1. The highest BCUT2D eigenvalue weighted by Gasteiger charge is 2.18. The highest BCUT2D eigenvalue weighted by Crippen LogP contribution is 2.32. The Morgan fingerprint density at radius 2 is 1.97 bits per heavy atom. The molecule has 3 aromatic heterocycles. The largest absolute Gasteiger partial charge is 0.467 e. The van der Waals surface area contributed by atoms with Crippen LogP contribution in [0.5, 0.6) is 0 Å². The Labute approximate surface area is 173 Å². The molecule has 0 radical (unpaired) electrons. The van der Waals surface area contributed by atoms with E-state index in [0.29, 0.717) is 6.54 Å².